The van der Waals surface area contributed by atoms with E-state index in [1.165, 1.54) is 0 Å². The minimum atomic E-state index is -0.305. The smallest absolute Gasteiger partial charge is 0.271 e. The van der Waals surface area contributed by atoms with E-state index in [1.54, 1.807) is 12.1 Å². The summed E-state index contributed by atoms with van der Waals surface area (Å²) in [6, 6.07) is 3.18. The van der Waals surface area contributed by atoms with E-state index in [0.29, 0.717) is 17.4 Å². The van der Waals surface area contributed by atoms with Crippen LogP contribution in [0.4, 0.5) is 5.82 Å². The number of hydrogen-bond donors (Lipinski definition) is 3. The summed E-state index contributed by atoms with van der Waals surface area (Å²) in [7, 11) is 0. The Morgan fingerprint density at radius 1 is 1.58 bits per heavy atom. The van der Waals surface area contributed by atoms with Gasteiger partial charge in [-0.15, -0.1) is 0 Å². The Labute approximate surface area is 116 Å². The van der Waals surface area contributed by atoms with Crippen LogP contribution in [0.2, 0.25) is 5.02 Å². The van der Waals surface area contributed by atoms with Gasteiger partial charge in [-0.3, -0.25) is 4.79 Å². The number of carbonyl (C=O) groups is 1. The summed E-state index contributed by atoms with van der Waals surface area (Å²) >= 11 is 5.94. The van der Waals surface area contributed by atoms with Crippen molar-refractivity contribution in [1.29, 1.82) is 0 Å². The molecule has 1 aliphatic rings. The Bertz CT molecular complexity index is 449. The summed E-state index contributed by atoms with van der Waals surface area (Å²) in [5.74, 6) is 5.34. The molecule has 1 aromatic heterocycles. The van der Waals surface area contributed by atoms with Crippen LogP contribution in [0, 0.1) is 0 Å². The molecule has 0 bridgehead atoms. The monoisotopic (exact) mass is 284 g/mol. The number of nitrogen functional groups attached to an aromatic ring is 1. The number of halogens is 1. The van der Waals surface area contributed by atoms with Gasteiger partial charge in [0, 0.05) is 13.2 Å². The predicted molar refractivity (Wildman–Crippen MR) is 73.0 cm³/mol. The van der Waals surface area contributed by atoms with Crippen molar-refractivity contribution in [2.24, 2.45) is 5.84 Å². The quantitative estimate of drug-likeness (QED) is 0.560. The number of aromatic nitrogens is 1. The van der Waals surface area contributed by atoms with Crippen molar-refractivity contribution in [2.75, 3.05) is 18.6 Å². The van der Waals surface area contributed by atoms with Gasteiger partial charge in [0.05, 0.1) is 11.1 Å². The fourth-order valence-corrected chi connectivity index (χ4v) is 2.18. The van der Waals surface area contributed by atoms with E-state index in [1.807, 2.05) is 0 Å². The maximum absolute atomic E-state index is 11.9. The van der Waals surface area contributed by atoms with Gasteiger partial charge in [0.25, 0.3) is 5.91 Å². The molecule has 1 amide bonds. The SMILES string of the molecule is NNc1ccc(Cl)c(C(=O)NCCC2CCCO2)n1. The van der Waals surface area contributed by atoms with Crippen molar-refractivity contribution in [3.8, 4) is 0 Å². The van der Waals surface area contributed by atoms with Crippen LogP contribution in [0.25, 0.3) is 0 Å². The first-order chi connectivity index (χ1) is 9.20. The van der Waals surface area contributed by atoms with Gasteiger partial charge in [0.2, 0.25) is 0 Å². The summed E-state index contributed by atoms with van der Waals surface area (Å²) in [5.41, 5.74) is 2.55. The van der Waals surface area contributed by atoms with Crippen molar-refractivity contribution in [2.45, 2.75) is 25.4 Å². The zero-order valence-corrected chi connectivity index (χ0v) is 11.2. The van der Waals surface area contributed by atoms with Gasteiger partial charge in [0.1, 0.15) is 11.5 Å². The third-order valence-corrected chi connectivity index (χ3v) is 3.29. The molecular formula is C12H17ClN4O2. The lowest BCUT2D eigenvalue weighted by Crippen LogP contribution is -2.28. The highest BCUT2D eigenvalue weighted by molar-refractivity contribution is 6.33. The standard InChI is InChI=1S/C12H17ClN4O2/c13-9-3-4-10(17-14)16-11(9)12(18)15-6-5-8-2-1-7-19-8/h3-4,8H,1-2,5-7,14H2,(H,15,18)(H,16,17). The summed E-state index contributed by atoms with van der Waals surface area (Å²) in [6.45, 7) is 1.36. The van der Waals surface area contributed by atoms with Crippen LogP contribution in [0.3, 0.4) is 0 Å². The molecule has 4 N–H and O–H groups in total. The third-order valence-electron chi connectivity index (χ3n) is 2.98. The minimum Gasteiger partial charge on any atom is -0.378 e. The highest BCUT2D eigenvalue weighted by Gasteiger charge is 2.17. The summed E-state index contributed by atoms with van der Waals surface area (Å²) < 4.78 is 5.48. The number of pyridine rings is 1. The van der Waals surface area contributed by atoms with Crippen molar-refractivity contribution < 1.29 is 9.53 Å². The van der Waals surface area contributed by atoms with E-state index in [9.17, 15) is 4.79 Å². The van der Waals surface area contributed by atoms with Gasteiger partial charge in [0.15, 0.2) is 0 Å². The summed E-state index contributed by atoms with van der Waals surface area (Å²) in [6.07, 6.45) is 3.20. The Morgan fingerprint density at radius 3 is 3.11 bits per heavy atom. The first kappa shape index (κ1) is 14.0. The highest BCUT2D eigenvalue weighted by atomic mass is 35.5. The van der Waals surface area contributed by atoms with Gasteiger partial charge in [-0.2, -0.15) is 0 Å². The molecule has 2 heterocycles. The minimum absolute atomic E-state index is 0.171. The molecule has 0 radical (unpaired) electrons. The van der Waals surface area contributed by atoms with Crippen LogP contribution in [0.15, 0.2) is 12.1 Å². The molecular weight excluding hydrogens is 268 g/mol. The fourth-order valence-electron chi connectivity index (χ4n) is 1.98. The van der Waals surface area contributed by atoms with Crippen LogP contribution in [0.5, 0.6) is 0 Å². The number of rotatable bonds is 5. The van der Waals surface area contributed by atoms with Crippen molar-refractivity contribution in [1.82, 2.24) is 10.3 Å². The molecule has 104 valence electrons. The zero-order valence-electron chi connectivity index (χ0n) is 10.5. The third kappa shape index (κ3) is 3.79. The Balaban J connectivity index is 1.88. The first-order valence-corrected chi connectivity index (χ1v) is 6.61. The topological polar surface area (TPSA) is 89.3 Å². The summed E-state index contributed by atoms with van der Waals surface area (Å²) in [4.78, 5) is 16.0. The second-order valence-corrected chi connectivity index (χ2v) is 4.76. The van der Waals surface area contributed by atoms with E-state index >= 15 is 0 Å². The molecule has 1 unspecified atom stereocenters. The normalized spacial score (nSPS) is 18.3. The van der Waals surface area contributed by atoms with E-state index in [-0.39, 0.29) is 17.7 Å². The number of anilines is 1. The van der Waals surface area contributed by atoms with Crippen LogP contribution in [0.1, 0.15) is 29.8 Å². The van der Waals surface area contributed by atoms with Crippen LogP contribution in [-0.4, -0.2) is 30.1 Å². The van der Waals surface area contributed by atoms with Gasteiger partial charge in [-0.1, -0.05) is 11.6 Å². The molecule has 6 nitrogen and oxygen atoms in total. The summed E-state index contributed by atoms with van der Waals surface area (Å²) in [5, 5.41) is 3.08. The fraction of sp³-hybridized carbons (Fsp3) is 0.500. The molecule has 0 spiro atoms. The number of hydrogen-bond acceptors (Lipinski definition) is 5. The average Bonchev–Trinajstić information content (AvgIpc) is 2.92. The van der Waals surface area contributed by atoms with E-state index in [2.05, 4.69) is 15.7 Å². The number of nitrogens with zero attached hydrogens (tertiary/aromatic N) is 1. The maximum atomic E-state index is 11.9. The number of nitrogens with two attached hydrogens (primary N) is 1. The lowest BCUT2D eigenvalue weighted by Gasteiger charge is -2.10. The molecule has 1 fully saturated rings. The number of hydrazine groups is 1. The maximum Gasteiger partial charge on any atom is 0.271 e. The largest absolute Gasteiger partial charge is 0.378 e. The van der Waals surface area contributed by atoms with E-state index < -0.39 is 0 Å². The zero-order chi connectivity index (χ0) is 13.7. The number of ether oxygens (including phenoxy) is 1. The lowest BCUT2D eigenvalue weighted by molar-refractivity contribution is 0.0903. The van der Waals surface area contributed by atoms with Gasteiger partial charge >= 0.3 is 0 Å². The lowest BCUT2D eigenvalue weighted by atomic mass is 10.2. The Hall–Kier alpha value is -1.37. The van der Waals surface area contributed by atoms with Gasteiger partial charge in [-0.05, 0) is 31.4 Å². The molecule has 2 rings (SSSR count). The Morgan fingerprint density at radius 2 is 2.42 bits per heavy atom. The van der Waals surface area contributed by atoms with Crippen LogP contribution in [-0.2, 0) is 4.74 Å². The number of nitrogens with one attached hydrogen (secondary N) is 2. The van der Waals surface area contributed by atoms with Gasteiger partial charge < -0.3 is 15.5 Å². The van der Waals surface area contributed by atoms with Crippen molar-refractivity contribution >= 4 is 23.3 Å². The number of carbonyl (C=O) groups excluding carboxylic acids is 1. The highest BCUT2D eigenvalue weighted by Crippen LogP contribution is 2.17. The Kier molecular flexibility index (Phi) is 4.95. The molecule has 0 saturated carbocycles. The molecule has 0 aliphatic carbocycles. The van der Waals surface area contributed by atoms with Gasteiger partial charge in [-0.25, -0.2) is 10.8 Å². The number of amides is 1. The average molecular weight is 285 g/mol. The molecule has 7 heteroatoms. The van der Waals surface area contributed by atoms with Crippen LogP contribution < -0.4 is 16.6 Å². The van der Waals surface area contributed by atoms with E-state index in [0.717, 1.165) is 25.9 Å². The second kappa shape index (κ2) is 6.70. The molecule has 19 heavy (non-hydrogen) atoms. The van der Waals surface area contributed by atoms with Crippen LogP contribution >= 0.6 is 11.6 Å². The van der Waals surface area contributed by atoms with E-state index in [4.69, 9.17) is 22.2 Å². The second-order valence-electron chi connectivity index (χ2n) is 4.35. The molecule has 1 atom stereocenters. The van der Waals surface area contributed by atoms with Crippen molar-refractivity contribution in [3.63, 3.8) is 0 Å². The van der Waals surface area contributed by atoms with Crippen molar-refractivity contribution in [3.05, 3.63) is 22.8 Å². The molecule has 1 saturated heterocycles. The molecule has 0 aromatic carbocycles. The first-order valence-electron chi connectivity index (χ1n) is 6.23. The predicted octanol–water partition coefficient (Wildman–Crippen LogP) is 1.32. The molecule has 1 aliphatic heterocycles. The molecule has 1 aromatic rings.